The summed E-state index contributed by atoms with van der Waals surface area (Å²) >= 11 is 5.87. The molecule has 1 aliphatic rings. The Morgan fingerprint density at radius 1 is 1.19 bits per heavy atom. The molecule has 3 unspecified atom stereocenters. The number of benzene rings is 2. The number of hydrogen-bond acceptors (Lipinski definition) is 2. The molecule has 0 amide bonds. The van der Waals surface area contributed by atoms with Gasteiger partial charge < -0.3 is 5.11 Å². The predicted molar refractivity (Wildman–Crippen MR) is 87.1 cm³/mol. The summed E-state index contributed by atoms with van der Waals surface area (Å²) in [5, 5.41) is 11.2. The number of aliphatic hydroxyl groups excluding tert-OH is 1. The lowest BCUT2D eigenvalue weighted by molar-refractivity contribution is 0.0713. The van der Waals surface area contributed by atoms with Crippen LogP contribution in [0.1, 0.15) is 22.0 Å². The lowest BCUT2D eigenvalue weighted by Gasteiger charge is -2.25. The molecule has 2 aromatic rings. The molecule has 108 valence electrons. The first-order valence-corrected chi connectivity index (χ1v) is 8.95. The third-order valence-electron chi connectivity index (χ3n) is 3.89. The van der Waals surface area contributed by atoms with E-state index in [-0.39, 0.29) is 22.6 Å². The van der Waals surface area contributed by atoms with Crippen LogP contribution in [0.4, 0.5) is 0 Å². The lowest BCUT2D eigenvalue weighted by atomic mass is 9.89. The third-order valence-corrected chi connectivity index (χ3v) is 6.10. The minimum Gasteiger partial charge on any atom is -0.387 e. The Balaban J connectivity index is 1.93. The highest BCUT2D eigenvalue weighted by molar-refractivity contribution is 7.96. The van der Waals surface area contributed by atoms with E-state index in [4.69, 9.17) is 11.6 Å². The summed E-state index contributed by atoms with van der Waals surface area (Å²) in [5.41, 5.74) is 1.50. The van der Waals surface area contributed by atoms with Gasteiger partial charge in [0.25, 0.3) is 0 Å². The molecule has 1 aliphatic heterocycles. The maximum absolute atomic E-state index is 12.7. The first-order chi connectivity index (χ1) is 10.1. The van der Waals surface area contributed by atoms with Crippen LogP contribution in [0.3, 0.4) is 0 Å². The van der Waals surface area contributed by atoms with E-state index in [1.165, 1.54) is 0 Å². The summed E-state index contributed by atoms with van der Waals surface area (Å²) in [6, 6.07) is 14.8. The van der Waals surface area contributed by atoms with Crippen molar-refractivity contribution in [3.63, 3.8) is 0 Å². The molecule has 21 heavy (non-hydrogen) atoms. The minimum atomic E-state index is -0.780. The van der Waals surface area contributed by atoms with E-state index in [2.05, 4.69) is 6.26 Å². The van der Waals surface area contributed by atoms with Crippen molar-refractivity contribution in [3.05, 3.63) is 64.7 Å². The van der Waals surface area contributed by atoms with Crippen molar-refractivity contribution in [1.82, 2.24) is 0 Å². The molecule has 0 aliphatic carbocycles. The Morgan fingerprint density at radius 3 is 2.57 bits per heavy atom. The van der Waals surface area contributed by atoms with Crippen molar-refractivity contribution >= 4 is 28.3 Å². The van der Waals surface area contributed by atoms with Crippen LogP contribution in [0.2, 0.25) is 5.02 Å². The molecule has 4 heteroatoms. The van der Waals surface area contributed by atoms with E-state index >= 15 is 0 Å². The molecule has 0 aromatic heterocycles. The van der Waals surface area contributed by atoms with Crippen LogP contribution in [0.25, 0.3) is 0 Å². The summed E-state index contributed by atoms with van der Waals surface area (Å²) in [5.74, 6) is 0.354. The SMILES string of the molecule is C[S+]1CC(C(O)c2ccc(Cl)cc2)C(=O)c2ccccc21. The monoisotopic (exact) mass is 319 g/mol. The zero-order chi connectivity index (χ0) is 15.0. The summed E-state index contributed by atoms with van der Waals surface area (Å²) in [6.45, 7) is 0. The van der Waals surface area contributed by atoms with E-state index < -0.39 is 6.10 Å². The predicted octanol–water partition coefficient (Wildman–Crippen LogP) is 3.49. The van der Waals surface area contributed by atoms with Crippen LogP contribution in [0, 0.1) is 5.92 Å². The summed E-state index contributed by atoms with van der Waals surface area (Å²) < 4.78 is 0. The summed E-state index contributed by atoms with van der Waals surface area (Å²) in [6.07, 6.45) is 1.35. The maximum Gasteiger partial charge on any atom is 0.178 e. The fourth-order valence-electron chi connectivity index (χ4n) is 2.74. The lowest BCUT2D eigenvalue weighted by Crippen LogP contribution is -2.35. The molecule has 0 bridgehead atoms. The van der Waals surface area contributed by atoms with Gasteiger partial charge in [0.15, 0.2) is 10.7 Å². The normalized spacial score (nSPS) is 22.7. The van der Waals surface area contributed by atoms with Gasteiger partial charge >= 0.3 is 0 Å². The number of carbonyl (C=O) groups excluding carboxylic acids is 1. The number of rotatable bonds is 2. The minimum absolute atomic E-state index is 0.0215. The molecule has 3 rings (SSSR count). The van der Waals surface area contributed by atoms with Gasteiger partial charge in [0.05, 0.1) is 17.6 Å². The molecule has 0 radical (unpaired) electrons. The number of fused-ring (bicyclic) bond motifs is 1. The summed E-state index contributed by atoms with van der Waals surface area (Å²) in [7, 11) is -0.0215. The van der Waals surface area contributed by atoms with Crippen LogP contribution >= 0.6 is 11.6 Å². The number of halogens is 1. The van der Waals surface area contributed by atoms with Crippen LogP contribution in [-0.2, 0) is 10.9 Å². The van der Waals surface area contributed by atoms with Crippen molar-refractivity contribution in [2.75, 3.05) is 12.0 Å². The van der Waals surface area contributed by atoms with Crippen molar-refractivity contribution in [1.29, 1.82) is 0 Å². The Labute approximate surface area is 132 Å². The Morgan fingerprint density at radius 2 is 1.86 bits per heavy atom. The van der Waals surface area contributed by atoms with Gasteiger partial charge in [0.1, 0.15) is 12.0 Å². The first-order valence-electron chi connectivity index (χ1n) is 6.77. The molecule has 1 N–H and O–H groups in total. The highest BCUT2D eigenvalue weighted by atomic mass is 35.5. The second-order valence-electron chi connectivity index (χ2n) is 5.27. The van der Waals surface area contributed by atoms with Crippen molar-refractivity contribution in [2.45, 2.75) is 11.0 Å². The van der Waals surface area contributed by atoms with Gasteiger partial charge in [-0.2, -0.15) is 0 Å². The van der Waals surface area contributed by atoms with Crippen molar-refractivity contribution in [3.8, 4) is 0 Å². The van der Waals surface area contributed by atoms with Crippen molar-refractivity contribution in [2.24, 2.45) is 5.92 Å². The smallest absolute Gasteiger partial charge is 0.178 e. The van der Waals surface area contributed by atoms with Gasteiger partial charge in [0.2, 0.25) is 0 Å². The van der Waals surface area contributed by atoms with Gasteiger partial charge in [-0.25, -0.2) is 0 Å². The molecule has 0 fully saturated rings. The average molecular weight is 320 g/mol. The molecule has 1 heterocycles. The molecular formula is C17H16ClO2S+. The average Bonchev–Trinajstić information content (AvgIpc) is 2.51. The molecule has 2 aromatic carbocycles. The van der Waals surface area contributed by atoms with Crippen LogP contribution in [-0.4, -0.2) is 22.9 Å². The largest absolute Gasteiger partial charge is 0.387 e. The topological polar surface area (TPSA) is 37.3 Å². The van der Waals surface area contributed by atoms with Gasteiger partial charge in [-0.1, -0.05) is 35.9 Å². The van der Waals surface area contributed by atoms with Crippen LogP contribution < -0.4 is 0 Å². The number of ketones is 1. The second-order valence-corrected chi connectivity index (χ2v) is 7.75. The standard InChI is InChI=1S/C17H16ClO2S/c1-21-10-14(16(19)11-6-8-12(18)9-7-11)17(20)13-4-2-3-5-15(13)21/h2-9,14,16,19H,10H2,1H3/q+1. The molecule has 2 nitrogen and oxygen atoms in total. The fraction of sp³-hybridized carbons (Fsp3) is 0.235. The van der Waals surface area contributed by atoms with Gasteiger partial charge in [-0.05, 0) is 29.8 Å². The van der Waals surface area contributed by atoms with E-state index in [1.54, 1.807) is 24.3 Å². The number of hydrogen-bond donors (Lipinski definition) is 1. The molecule has 0 saturated heterocycles. The highest BCUT2D eigenvalue weighted by Crippen LogP contribution is 2.35. The highest BCUT2D eigenvalue weighted by Gasteiger charge is 2.42. The number of Topliss-reactive ketones (excluding diaryl/α,β-unsaturated/α-hetero) is 1. The molecule has 0 spiro atoms. The molecular weight excluding hydrogens is 304 g/mol. The van der Waals surface area contributed by atoms with E-state index in [0.29, 0.717) is 10.8 Å². The molecule has 0 saturated carbocycles. The number of aliphatic hydroxyl groups is 1. The summed E-state index contributed by atoms with van der Waals surface area (Å²) in [4.78, 5) is 13.8. The second kappa shape index (κ2) is 5.84. The Kier molecular flexibility index (Phi) is 4.07. The maximum atomic E-state index is 12.7. The number of carbonyl (C=O) groups is 1. The third kappa shape index (κ3) is 2.73. The van der Waals surface area contributed by atoms with E-state index in [9.17, 15) is 9.90 Å². The van der Waals surface area contributed by atoms with Gasteiger partial charge in [0, 0.05) is 15.9 Å². The fourth-order valence-corrected chi connectivity index (χ4v) is 4.77. The van der Waals surface area contributed by atoms with Crippen molar-refractivity contribution < 1.29 is 9.90 Å². The first kappa shape index (κ1) is 14.6. The zero-order valence-electron chi connectivity index (χ0n) is 11.6. The Hall–Kier alpha value is -1.29. The Bertz CT molecular complexity index is 669. The van der Waals surface area contributed by atoms with Gasteiger partial charge in [-0.3, -0.25) is 4.79 Å². The van der Waals surface area contributed by atoms with Crippen LogP contribution in [0.15, 0.2) is 53.4 Å². The quantitative estimate of drug-likeness (QED) is 0.860. The van der Waals surface area contributed by atoms with Crippen LogP contribution in [0.5, 0.6) is 0 Å². The van der Waals surface area contributed by atoms with E-state index in [1.807, 2.05) is 24.3 Å². The van der Waals surface area contributed by atoms with E-state index in [0.717, 1.165) is 16.0 Å². The molecule has 3 atom stereocenters. The zero-order valence-corrected chi connectivity index (χ0v) is 13.2. The van der Waals surface area contributed by atoms with Gasteiger partial charge in [-0.15, -0.1) is 0 Å².